The second-order valence-corrected chi connectivity index (χ2v) is 6.44. The Balaban J connectivity index is 1.75. The molecule has 2 heterocycles. The van der Waals surface area contributed by atoms with Crippen molar-refractivity contribution in [2.45, 2.75) is 19.9 Å². The Hall–Kier alpha value is -2.86. The number of hydrogen-bond donors (Lipinski definition) is 2. The molecule has 1 unspecified atom stereocenters. The fourth-order valence-corrected chi connectivity index (χ4v) is 3.05. The van der Waals surface area contributed by atoms with E-state index < -0.39 is 0 Å². The van der Waals surface area contributed by atoms with Crippen LogP contribution in [-0.4, -0.2) is 11.8 Å². The van der Waals surface area contributed by atoms with Gasteiger partial charge >= 0.3 is 0 Å². The van der Waals surface area contributed by atoms with Crippen molar-refractivity contribution in [3.05, 3.63) is 75.9 Å². The van der Waals surface area contributed by atoms with Crippen LogP contribution in [0, 0.1) is 6.92 Å². The van der Waals surface area contributed by atoms with Crippen LogP contribution in [0.4, 0.5) is 5.69 Å². The van der Waals surface area contributed by atoms with Gasteiger partial charge in [0.25, 0.3) is 11.8 Å². The van der Waals surface area contributed by atoms with Crippen LogP contribution in [0.15, 0.2) is 57.6 Å². The lowest BCUT2D eigenvalue weighted by Crippen LogP contribution is -2.27. The number of furan rings is 1. The molecule has 25 heavy (non-hydrogen) atoms. The van der Waals surface area contributed by atoms with Crippen molar-refractivity contribution in [1.82, 2.24) is 5.32 Å². The van der Waals surface area contributed by atoms with Crippen LogP contribution >= 0.6 is 11.3 Å². The molecule has 5 nitrogen and oxygen atoms in total. The van der Waals surface area contributed by atoms with E-state index in [4.69, 9.17) is 4.42 Å². The van der Waals surface area contributed by atoms with Gasteiger partial charge in [-0.05, 0) is 49.6 Å². The molecule has 0 saturated carbocycles. The monoisotopic (exact) mass is 354 g/mol. The summed E-state index contributed by atoms with van der Waals surface area (Å²) in [5.41, 5.74) is 1.44. The number of amides is 2. The summed E-state index contributed by atoms with van der Waals surface area (Å²) in [4.78, 5) is 24.9. The number of carbonyl (C=O) groups excluding carboxylic acids is 2. The standard InChI is InChI=1S/C19H18N2O3S/c1-12-7-8-17(24-12)13(2)20-19(23)15-5-3-4-6-16(15)21-18(22)14-9-10-25-11-14/h3-11,13H,1-2H3,(H,20,23)(H,21,22). The van der Waals surface area contributed by atoms with Crippen molar-refractivity contribution in [2.24, 2.45) is 0 Å². The molecule has 2 amide bonds. The molecule has 2 aromatic heterocycles. The van der Waals surface area contributed by atoms with E-state index in [0.29, 0.717) is 22.6 Å². The average molecular weight is 354 g/mol. The fourth-order valence-electron chi connectivity index (χ4n) is 2.41. The molecule has 0 saturated heterocycles. The zero-order valence-corrected chi connectivity index (χ0v) is 14.7. The Morgan fingerprint density at radius 1 is 1.08 bits per heavy atom. The molecular weight excluding hydrogens is 336 g/mol. The number of thiophene rings is 1. The Morgan fingerprint density at radius 3 is 2.56 bits per heavy atom. The van der Waals surface area contributed by atoms with E-state index in [1.54, 1.807) is 35.7 Å². The highest BCUT2D eigenvalue weighted by molar-refractivity contribution is 7.08. The van der Waals surface area contributed by atoms with Crippen molar-refractivity contribution in [3.63, 3.8) is 0 Å². The van der Waals surface area contributed by atoms with E-state index in [0.717, 1.165) is 5.76 Å². The highest BCUT2D eigenvalue weighted by atomic mass is 32.1. The van der Waals surface area contributed by atoms with Gasteiger partial charge < -0.3 is 15.1 Å². The van der Waals surface area contributed by atoms with Crippen LogP contribution in [-0.2, 0) is 0 Å². The molecule has 0 aliphatic carbocycles. The van der Waals surface area contributed by atoms with Gasteiger partial charge in [-0.2, -0.15) is 11.3 Å². The van der Waals surface area contributed by atoms with Crippen molar-refractivity contribution >= 4 is 28.8 Å². The van der Waals surface area contributed by atoms with Crippen molar-refractivity contribution < 1.29 is 14.0 Å². The lowest BCUT2D eigenvalue weighted by molar-refractivity contribution is 0.0936. The molecule has 0 aliphatic rings. The van der Waals surface area contributed by atoms with Crippen LogP contribution in [0.1, 0.15) is 45.2 Å². The topological polar surface area (TPSA) is 71.3 Å². The van der Waals surface area contributed by atoms with Gasteiger partial charge in [0, 0.05) is 5.38 Å². The van der Waals surface area contributed by atoms with Crippen molar-refractivity contribution in [2.75, 3.05) is 5.32 Å². The van der Waals surface area contributed by atoms with Gasteiger partial charge in [0.1, 0.15) is 11.5 Å². The predicted octanol–water partition coefficient (Wildman–Crippen LogP) is 4.39. The maximum Gasteiger partial charge on any atom is 0.256 e. The highest BCUT2D eigenvalue weighted by Gasteiger charge is 2.18. The molecule has 1 aromatic carbocycles. The number of para-hydroxylation sites is 1. The normalized spacial score (nSPS) is 11.8. The molecule has 128 valence electrons. The summed E-state index contributed by atoms with van der Waals surface area (Å²) in [5.74, 6) is 0.962. The average Bonchev–Trinajstić information content (AvgIpc) is 3.26. The summed E-state index contributed by atoms with van der Waals surface area (Å²) in [6.07, 6.45) is 0. The Labute approximate surface area is 149 Å². The lowest BCUT2D eigenvalue weighted by Gasteiger charge is -2.14. The summed E-state index contributed by atoms with van der Waals surface area (Å²) in [6, 6.07) is 12.1. The molecule has 1 atom stereocenters. The van der Waals surface area contributed by atoms with Gasteiger partial charge in [0.15, 0.2) is 0 Å². The number of rotatable bonds is 5. The Kier molecular flexibility index (Phi) is 5.00. The third-order valence-electron chi connectivity index (χ3n) is 3.74. The van der Waals surface area contributed by atoms with Crippen molar-refractivity contribution in [1.29, 1.82) is 0 Å². The Morgan fingerprint density at radius 2 is 1.88 bits per heavy atom. The second kappa shape index (κ2) is 7.36. The zero-order chi connectivity index (χ0) is 17.8. The van der Waals surface area contributed by atoms with Gasteiger partial charge in [-0.15, -0.1) is 0 Å². The van der Waals surface area contributed by atoms with Crippen LogP contribution in [0.5, 0.6) is 0 Å². The minimum Gasteiger partial charge on any atom is -0.464 e. The third kappa shape index (κ3) is 3.97. The van der Waals surface area contributed by atoms with Gasteiger partial charge in [-0.3, -0.25) is 9.59 Å². The van der Waals surface area contributed by atoms with E-state index in [1.807, 2.05) is 31.4 Å². The number of hydrogen-bond acceptors (Lipinski definition) is 4. The summed E-state index contributed by atoms with van der Waals surface area (Å²) < 4.78 is 5.54. The quantitative estimate of drug-likeness (QED) is 0.714. The lowest BCUT2D eigenvalue weighted by atomic mass is 10.1. The molecule has 0 spiro atoms. The summed E-state index contributed by atoms with van der Waals surface area (Å²) in [6.45, 7) is 3.70. The van der Waals surface area contributed by atoms with Crippen molar-refractivity contribution in [3.8, 4) is 0 Å². The molecule has 2 N–H and O–H groups in total. The molecular formula is C19H18N2O3S. The SMILES string of the molecule is Cc1ccc(C(C)NC(=O)c2ccccc2NC(=O)c2ccsc2)o1. The van der Waals surface area contributed by atoms with E-state index in [1.165, 1.54) is 11.3 Å². The zero-order valence-electron chi connectivity index (χ0n) is 13.9. The van der Waals surface area contributed by atoms with E-state index >= 15 is 0 Å². The number of benzene rings is 1. The maximum absolute atomic E-state index is 12.6. The second-order valence-electron chi connectivity index (χ2n) is 5.66. The van der Waals surface area contributed by atoms with E-state index in [-0.39, 0.29) is 17.9 Å². The molecule has 0 fully saturated rings. The molecule has 0 aliphatic heterocycles. The van der Waals surface area contributed by atoms with Crippen LogP contribution in [0.2, 0.25) is 0 Å². The number of anilines is 1. The largest absolute Gasteiger partial charge is 0.464 e. The molecule has 6 heteroatoms. The molecule has 0 radical (unpaired) electrons. The van der Waals surface area contributed by atoms with Gasteiger partial charge in [0.2, 0.25) is 0 Å². The number of aryl methyl sites for hydroxylation is 1. The van der Waals surface area contributed by atoms with Gasteiger partial charge in [0.05, 0.1) is 22.9 Å². The van der Waals surface area contributed by atoms with E-state index in [9.17, 15) is 9.59 Å². The van der Waals surface area contributed by atoms with Gasteiger partial charge in [-0.1, -0.05) is 12.1 Å². The molecule has 3 aromatic rings. The first-order valence-electron chi connectivity index (χ1n) is 7.84. The first-order chi connectivity index (χ1) is 12.0. The van der Waals surface area contributed by atoms with Crippen LogP contribution in [0.25, 0.3) is 0 Å². The van der Waals surface area contributed by atoms with Gasteiger partial charge in [-0.25, -0.2) is 0 Å². The fraction of sp³-hybridized carbons (Fsp3) is 0.158. The first-order valence-corrected chi connectivity index (χ1v) is 8.78. The summed E-state index contributed by atoms with van der Waals surface area (Å²) in [7, 11) is 0. The summed E-state index contributed by atoms with van der Waals surface area (Å²) in [5, 5.41) is 9.28. The predicted molar refractivity (Wildman–Crippen MR) is 98.0 cm³/mol. The third-order valence-corrected chi connectivity index (χ3v) is 4.42. The summed E-state index contributed by atoms with van der Waals surface area (Å²) >= 11 is 1.45. The number of carbonyl (C=O) groups is 2. The maximum atomic E-state index is 12.6. The minimum atomic E-state index is -0.276. The van der Waals surface area contributed by atoms with Crippen LogP contribution < -0.4 is 10.6 Å². The first kappa shape index (κ1) is 17.0. The highest BCUT2D eigenvalue weighted by Crippen LogP contribution is 2.20. The van der Waals surface area contributed by atoms with Crippen LogP contribution in [0.3, 0.4) is 0 Å². The number of nitrogens with one attached hydrogen (secondary N) is 2. The Bertz CT molecular complexity index is 884. The van der Waals surface area contributed by atoms with E-state index in [2.05, 4.69) is 10.6 Å². The smallest absolute Gasteiger partial charge is 0.256 e. The minimum absolute atomic E-state index is 0.240. The molecule has 0 bridgehead atoms. The molecule has 3 rings (SSSR count).